The van der Waals surface area contributed by atoms with Crippen LogP contribution in [0.25, 0.3) is 0 Å². The summed E-state index contributed by atoms with van der Waals surface area (Å²) in [7, 11) is -0.0674. The summed E-state index contributed by atoms with van der Waals surface area (Å²) in [6.07, 6.45) is 5.32. The molecule has 0 aliphatic heterocycles. The minimum atomic E-state index is -3.32. The highest BCUT2D eigenvalue weighted by atomic mass is 32.2. The molecule has 1 N–H and O–H groups in total. The number of thiazole rings is 1. The predicted molar refractivity (Wildman–Crippen MR) is 124 cm³/mol. The van der Waals surface area contributed by atoms with Gasteiger partial charge in [-0.25, -0.2) is 13.4 Å². The number of methoxy groups -OCH3 is 2. The van der Waals surface area contributed by atoms with Crippen molar-refractivity contribution in [1.29, 1.82) is 0 Å². The first-order valence-corrected chi connectivity index (χ1v) is 13.1. The number of amides is 1. The van der Waals surface area contributed by atoms with Gasteiger partial charge in [-0.3, -0.25) is 10.1 Å². The van der Waals surface area contributed by atoms with E-state index in [4.69, 9.17) is 14.3 Å². The number of anilines is 1. The van der Waals surface area contributed by atoms with Gasteiger partial charge in [0.05, 0.1) is 27.7 Å². The second-order valence-corrected chi connectivity index (χ2v) is 11.5. The summed E-state index contributed by atoms with van der Waals surface area (Å²) in [5.74, 6) is -0.493. The SMILES string of the molecule is COCc1cnc(NC(=O)/C(=N/O[C@@H]2CC[C@@H](OC)C2)c2ccc(S(=O)(=O)C3CC3)cc2)s1. The zero-order chi connectivity index (χ0) is 23.4. The van der Waals surface area contributed by atoms with E-state index in [0.29, 0.717) is 36.6 Å². The van der Waals surface area contributed by atoms with Crippen LogP contribution in [0.15, 0.2) is 40.5 Å². The third-order valence-electron chi connectivity index (χ3n) is 5.66. The molecule has 2 atom stereocenters. The lowest BCUT2D eigenvalue weighted by molar-refractivity contribution is -0.110. The Hall–Kier alpha value is -2.34. The van der Waals surface area contributed by atoms with Crippen LogP contribution in [0, 0.1) is 0 Å². The van der Waals surface area contributed by atoms with E-state index in [1.165, 1.54) is 23.5 Å². The fourth-order valence-corrected chi connectivity index (χ4v) is 6.10. The van der Waals surface area contributed by atoms with Crippen molar-refractivity contribution >= 4 is 37.9 Å². The maximum Gasteiger partial charge on any atom is 0.280 e. The lowest BCUT2D eigenvalue weighted by atomic mass is 10.1. The van der Waals surface area contributed by atoms with Gasteiger partial charge >= 0.3 is 0 Å². The van der Waals surface area contributed by atoms with Crippen molar-refractivity contribution in [2.75, 3.05) is 19.5 Å². The van der Waals surface area contributed by atoms with Gasteiger partial charge in [-0.05, 0) is 37.8 Å². The van der Waals surface area contributed by atoms with Gasteiger partial charge in [0, 0.05) is 32.4 Å². The number of nitrogens with zero attached hydrogens (tertiary/aromatic N) is 2. The molecule has 2 saturated carbocycles. The zero-order valence-corrected chi connectivity index (χ0v) is 20.2. The van der Waals surface area contributed by atoms with Crippen LogP contribution in [0.5, 0.6) is 0 Å². The Kier molecular flexibility index (Phi) is 7.42. The van der Waals surface area contributed by atoms with Crippen molar-refractivity contribution in [2.45, 2.75) is 61.1 Å². The fourth-order valence-electron chi connectivity index (χ4n) is 3.67. The van der Waals surface area contributed by atoms with Crippen LogP contribution in [0.1, 0.15) is 42.5 Å². The first-order chi connectivity index (χ1) is 15.9. The highest BCUT2D eigenvalue weighted by Gasteiger charge is 2.37. The van der Waals surface area contributed by atoms with Crippen LogP contribution in [0.3, 0.4) is 0 Å². The molecule has 1 amide bonds. The largest absolute Gasteiger partial charge is 0.392 e. The zero-order valence-electron chi connectivity index (χ0n) is 18.5. The van der Waals surface area contributed by atoms with Crippen molar-refractivity contribution in [2.24, 2.45) is 5.16 Å². The first-order valence-electron chi connectivity index (χ1n) is 10.8. The molecule has 2 aliphatic rings. The van der Waals surface area contributed by atoms with Gasteiger partial charge in [0.2, 0.25) is 0 Å². The van der Waals surface area contributed by atoms with Gasteiger partial charge in [0.1, 0.15) is 6.10 Å². The van der Waals surface area contributed by atoms with E-state index in [-0.39, 0.29) is 28.1 Å². The van der Waals surface area contributed by atoms with Crippen molar-refractivity contribution in [1.82, 2.24) is 4.98 Å². The molecule has 0 unspecified atom stereocenters. The lowest BCUT2D eigenvalue weighted by Crippen LogP contribution is -2.25. The number of benzene rings is 1. The van der Waals surface area contributed by atoms with Crippen LogP contribution in [0.2, 0.25) is 0 Å². The second kappa shape index (κ2) is 10.3. The molecular formula is C22H27N3O6S2. The number of hydrogen-bond donors (Lipinski definition) is 1. The van der Waals surface area contributed by atoms with E-state index < -0.39 is 15.7 Å². The van der Waals surface area contributed by atoms with Crippen molar-refractivity contribution in [3.63, 3.8) is 0 Å². The molecule has 11 heteroatoms. The van der Waals surface area contributed by atoms with Crippen molar-refractivity contribution in [3.05, 3.63) is 40.9 Å². The van der Waals surface area contributed by atoms with Gasteiger partial charge in [-0.1, -0.05) is 28.6 Å². The van der Waals surface area contributed by atoms with Crippen LogP contribution >= 0.6 is 11.3 Å². The monoisotopic (exact) mass is 493 g/mol. The molecule has 2 aromatic rings. The Morgan fingerprint density at radius 1 is 1.15 bits per heavy atom. The van der Waals surface area contributed by atoms with E-state index in [2.05, 4.69) is 15.5 Å². The normalized spacial score (nSPS) is 21.2. The van der Waals surface area contributed by atoms with Crippen molar-refractivity contribution in [3.8, 4) is 0 Å². The molecule has 0 spiro atoms. The molecule has 1 aromatic heterocycles. The number of carbonyl (C=O) groups excluding carboxylic acids is 1. The molecule has 0 radical (unpaired) electrons. The molecule has 178 valence electrons. The predicted octanol–water partition coefficient (Wildman–Crippen LogP) is 3.15. The lowest BCUT2D eigenvalue weighted by Gasteiger charge is -2.12. The Labute approximate surface area is 197 Å². The molecule has 9 nitrogen and oxygen atoms in total. The minimum absolute atomic E-state index is 0.0507. The molecule has 1 aromatic carbocycles. The highest BCUT2D eigenvalue weighted by Crippen LogP contribution is 2.33. The number of sulfone groups is 1. The smallest absolute Gasteiger partial charge is 0.280 e. The van der Waals surface area contributed by atoms with Crippen molar-refractivity contribution < 1.29 is 27.5 Å². The topological polar surface area (TPSA) is 116 Å². The van der Waals surface area contributed by atoms with Gasteiger partial charge in [-0.15, -0.1) is 0 Å². The molecule has 2 fully saturated rings. The Morgan fingerprint density at radius 2 is 1.88 bits per heavy atom. The van der Waals surface area contributed by atoms with E-state index in [1.807, 2.05) is 0 Å². The highest BCUT2D eigenvalue weighted by molar-refractivity contribution is 7.92. The van der Waals surface area contributed by atoms with Crippen LogP contribution in [-0.2, 0) is 35.5 Å². The number of aromatic nitrogens is 1. The number of carbonyl (C=O) groups is 1. The van der Waals surface area contributed by atoms with Gasteiger partial charge in [0.25, 0.3) is 5.91 Å². The number of hydrogen-bond acceptors (Lipinski definition) is 9. The Morgan fingerprint density at radius 3 is 2.52 bits per heavy atom. The maximum absolute atomic E-state index is 13.1. The van der Waals surface area contributed by atoms with E-state index in [0.717, 1.165) is 17.7 Å². The molecule has 4 rings (SSSR count). The average molecular weight is 494 g/mol. The van der Waals surface area contributed by atoms with Gasteiger partial charge < -0.3 is 14.3 Å². The summed E-state index contributed by atoms with van der Waals surface area (Å²) in [4.78, 5) is 24.1. The van der Waals surface area contributed by atoms with Crippen LogP contribution in [-0.4, -0.2) is 56.7 Å². The molecule has 0 bridgehead atoms. The summed E-state index contributed by atoms with van der Waals surface area (Å²) in [5, 5.41) is 7.03. The van der Waals surface area contributed by atoms with Crippen LogP contribution < -0.4 is 5.32 Å². The number of nitrogens with one attached hydrogen (secondary N) is 1. The summed E-state index contributed by atoms with van der Waals surface area (Å²) in [5.41, 5.74) is 0.506. The summed E-state index contributed by atoms with van der Waals surface area (Å²) >= 11 is 1.30. The Bertz CT molecular complexity index is 1110. The van der Waals surface area contributed by atoms with Gasteiger partial charge in [0.15, 0.2) is 20.7 Å². The number of rotatable bonds is 10. The summed E-state index contributed by atoms with van der Waals surface area (Å²) < 4.78 is 35.5. The quantitative estimate of drug-likeness (QED) is 0.399. The van der Waals surface area contributed by atoms with E-state index in [1.54, 1.807) is 32.5 Å². The van der Waals surface area contributed by atoms with E-state index in [9.17, 15) is 13.2 Å². The average Bonchev–Trinajstić information content (AvgIpc) is 3.44. The minimum Gasteiger partial charge on any atom is -0.392 e. The maximum atomic E-state index is 13.1. The Balaban J connectivity index is 1.55. The van der Waals surface area contributed by atoms with E-state index >= 15 is 0 Å². The molecule has 33 heavy (non-hydrogen) atoms. The van der Waals surface area contributed by atoms with Gasteiger partial charge in [-0.2, -0.15) is 0 Å². The molecular weight excluding hydrogens is 466 g/mol. The number of ether oxygens (including phenoxy) is 2. The summed E-state index contributed by atoms with van der Waals surface area (Å²) in [6, 6.07) is 6.20. The third kappa shape index (κ3) is 5.78. The molecule has 0 saturated heterocycles. The molecule has 1 heterocycles. The summed E-state index contributed by atoms with van der Waals surface area (Å²) in [6.45, 7) is 0.400. The van der Waals surface area contributed by atoms with Crippen LogP contribution in [0.4, 0.5) is 5.13 Å². The standard InChI is InChI=1S/C22H27N3O6S2/c1-29-13-17-12-23-22(32-17)24-21(26)20(25-31-16-6-5-15(11-16)30-2)14-3-7-18(8-4-14)33(27,28)19-9-10-19/h3-4,7-8,12,15-16,19H,5-6,9-11,13H2,1-2H3,(H,23,24,26)/b25-20+/t15-,16-/m1/s1. The second-order valence-electron chi connectivity index (χ2n) is 8.13. The fraction of sp³-hybridized carbons (Fsp3) is 0.500. The number of oxime groups is 1. The third-order valence-corrected chi connectivity index (χ3v) is 8.82. The molecule has 2 aliphatic carbocycles. The first kappa shape index (κ1) is 23.8.